The van der Waals surface area contributed by atoms with Gasteiger partial charge in [-0.15, -0.1) is 0 Å². The predicted molar refractivity (Wildman–Crippen MR) is 79.3 cm³/mol. The number of amides is 2. The Morgan fingerprint density at radius 3 is 2.45 bits per heavy atom. The molecule has 0 aromatic heterocycles. The van der Waals surface area contributed by atoms with Crippen molar-refractivity contribution in [1.82, 2.24) is 4.90 Å². The molecule has 1 aliphatic rings. The molecular weight excluding hydrogens is 282 g/mol. The Morgan fingerprint density at radius 1 is 1.14 bits per heavy atom. The van der Waals surface area contributed by atoms with Crippen LogP contribution in [-0.2, 0) is 9.53 Å². The van der Waals surface area contributed by atoms with Gasteiger partial charge in [0.1, 0.15) is 12.4 Å². The quantitative estimate of drug-likeness (QED) is 0.816. The molecule has 1 saturated heterocycles. The average molecular weight is 297 g/mol. The van der Waals surface area contributed by atoms with Crippen LogP contribution in [0.5, 0.6) is 5.75 Å². The van der Waals surface area contributed by atoms with E-state index in [1.54, 1.807) is 55.6 Å². The predicted octanol–water partition coefficient (Wildman–Crippen LogP) is 2.39. The van der Waals surface area contributed by atoms with Crippen molar-refractivity contribution in [2.24, 2.45) is 0 Å². The van der Waals surface area contributed by atoms with E-state index >= 15 is 0 Å². The van der Waals surface area contributed by atoms with E-state index in [0.717, 1.165) is 10.5 Å². The van der Waals surface area contributed by atoms with Crippen molar-refractivity contribution in [1.29, 1.82) is 0 Å². The molecule has 0 bridgehead atoms. The van der Waals surface area contributed by atoms with Crippen LogP contribution in [0.4, 0.5) is 0 Å². The van der Waals surface area contributed by atoms with Crippen LogP contribution in [0.25, 0.3) is 0 Å². The lowest BCUT2D eigenvalue weighted by atomic mass is 10.1. The summed E-state index contributed by atoms with van der Waals surface area (Å²) < 4.78 is 10.6. The zero-order chi connectivity index (χ0) is 15.5. The van der Waals surface area contributed by atoms with Gasteiger partial charge in [-0.05, 0) is 24.3 Å². The summed E-state index contributed by atoms with van der Waals surface area (Å²) in [5.41, 5.74) is 1.19. The summed E-state index contributed by atoms with van der Waals surface area (Å²) in [4.78, 5) is 25.8. The highest BCUT2D eigenvalue weighted by Gasteiger charge is 2.38. The zero-order valence-corrected chi connectivity index (χ0v) is 12.1. The molecule has 0 N–H and O–H groups in total. The Morgan fingerprint density at radius 2 is 1.82 bits per heavy atom. The average Bonchev–Trinajstić information content (AvgIpc) is 2.96. The summed E-state index contributed by atoms with van der Waals surface area (Å²) in [6.07, 6.45) is -0.703. The number of carbonyl (C=O) groups excluding carboxylic acids is 2. The number of ether oxygens (including phenoxy) is 2. The normalized spacial score (nSPS) is 17.6. The first-order valence-electron chi connectivity index (χ1n) is 6.87. The summed E-state index contributed by atoms with van der Waals surface area (Å²) in [6.45, 7) is -0.102. The molecule has 5 nitrogen and oxygen atoms in total. The van der Waals surface area contributed by atoms with Crippen molar-refractivity contribution in [3.8, 4) is 5.75 Å². The Hall–Kier alpha value is -2.66. The molecule has 0 aliphatic carbocycles. The smallest absolute Gasteiger partial charge is 0.262 e. The number of methoxy groups -OCH3 is 1. The van der Waals surface area contributed by atoms with Crippen LogP contribution in [0.2, 0.25) is 0 Å². The van der Waals surface area contributed by atoms with E-state index in [4.69, 9.17) is 9.47 Å². The molecule has 2 aromatic rings. The minimum Gasteiger partial charge on any atom is -0.497 e. The molecule has 22 heavy (non-hydrogen) atoms. The monoisotopic (exact) mass is 297 g/mol. The molecule has 1 atom stereocenters. The van der Waals surface area contributed by atoms with Crippen LogP contribution in [0, 0.1) is 0 Å². The minimum atomic E-state index is -0.703. The Balaban J connectivity index is 1.90. The van der Waals surface area contributed by atoms with E-state index in [9.17, 15) is 9.59 Å². The number of hydrogen-bond donors (Lipinski definition) is 0. The largest absolute Gasteiger partial charge is 0.497 e. The highest BCUT2D eigenvalue weighted by molar-refractivity contribution is 6.06. The van der Waals surface area contributed by atoms with Crippen LogP contribution in [0.1, 0.15) is 22.1 Å². The van der Waals surface area contributed by atoms with E-state index in [1.807, 2.05) is 6.07 Å². The molecule has 0 radical (unpaired) electrons. The third-order valence-electron chi connectivity index (χ3n) is 3.51. The fourth-order valence-electron chi connectivity index (χ4n) is 2.38. The van der Waals surface area contributed by atoms with E-state index in [1.165, 1.54) is 0 Å². The maximum absolute atomic E-state index is 12.6. The van der Waals surface area contributed by atoms with Crippen LogP contribution in [-0.4, -0.2) is 30.4 Å². The Kier molecular flexibility index (Phi) is 3.89. The van der Waals surface area contributed by atoms with E-state index in [2.05, 4.69) is 0 Å². The first-order valence-corrected chi connectivity index (χ1v) is 6.87. The van der Waals surface area contributed by atoms with Gasteiger partial charge < -0.3 is 9.47 Å². The molecule has 1 fully saturated rings. The summed E-state index contributed by atoms with van der Waals surface area (Å²) in [6, 6.07) is 15.8. The molecule has 0 spiro atoms. The van der Waals surface area contributed by atoms with E-state index in [-0.39, 0.29) is 18.4 Å². The Labute approximate surface area is 128 Å². The molecule has 2 amide bonds. The van der Waals surface area contributed by atoms with Gasteiger partial charge in [-0.2, -0.15) is 0 Å². The molecule has 112 valence electrons. The van der Waals surface area contributed by atoms with Gasteiger partial charge in [0.15, 0.2) is 6.23 Å². The van der Waals surface area contributed by atoms with Gasteiger partial charge in [0.25, 0.3) is 11.8 Å². The molecule has 0 unspecified atom stereocenters. The molecule has 5 heteroatoms. The maximum atomic E-state index is 12.6. The van der Waals surface area contributed by atoms with Gasteiger partial charge in [-0.25, -0.2) is 4.90 Å². The molecule has 0 saturated carbocycles. The summed E-state index contributed by atoms with van der Waals surface area (Å²) in [5.74, 6) is 0.00704. The third kappa shape index (κ3) is 2.58. The maximum Gasteiger partial charge on any atom is 0.262 e. The zero-order valence-electron chi connectivity index (χ0n) is 12.1. The lowest BCUT2D eigenvalue weighted by molar-refractivity contribution is -0.125. The molecule has 1 aliphatic heterocycles. The lowest BCUT2D eigenvalue weighted by Gasteiger charge is -2.21. The van der Waals surface area contributed by atoms with Crippen LogP contribution in [0.3, 0.4) is 0 Å². The highest BCUT2D eigenvalue weighted by Crippen LogP contribution is 2.30. The molecule has 3 rings (SSSR count). The van der Waals surface area contributed by atoms with Gasteiger partial charge in [0.05, 0.1) is 7.11 Å². The van der Waals surface area contributed by atoms with Crippen molar-refractivity contribution < 1.29 is 19.1 Å². The second kappa shape index (κ2) is 5.99. The van der Waals surface area contributed by atoms with Gasteiger partial charge in [0, 0.05) is 11.1 Å². The second-order valence-corrected chi connectivity index (χ2v) is 4.87. The van der Waals surface area contributed by atoms with Crippen LogP contribution in [0.15, 0.2) is 54.6 Å². The summed E-state index contributed by atoms with van der Waals surface area (Å²) in [7, 11) is 1.58. The first-order chi connectivity index (χ1) is 10.7. The molecule has 2 aromatic carbocycles. The number of imide groups is 1. The van der Waals surface area contributed by atoms with Crippen LogP contribution >= 0.6 is 0 Å². The number of benzene rings is 2. The fourth-order valence-corrected chi connectivity index (χ4v) is 2.38. The van der Waals surface area contributed by atoms with Crippen molar-refractivity contribution in [2.75, 3.05) is 13.7 Å². The third-order valence-corrected chi connectivity index (χ3v) is 3.51. The fraction of sp³-hybridized carbons (Fsp3) is 0.176. The van der Waals surface area contributed by atoms with Gasteiger partial charge in [-0.1, -0.05) is 30.3 Å². The summed E-state index contributed by atoms with van der Waals surface area (Å²) >= 11 is 0. The SMILES string of the molecule is COc1ccc([C@H]2OCC(=O)N2C(=O)c2ccccc2)cc1. The van der Waals surface area contributed by atoms with Crippen molar-refractivity contribution >= 4 is 11.8 Å². The standard InChI is InChI=1S/C17H15NO4/c1-21-14-9-7-13(8-10-14)17-18(15(19)11-22-17)16(20)12-5-3-2-4-6-12/h2-10,17H,11H2,1H3/t17-/m1/s1. The Bertz CT molecular complexity index is 682. The summed E-state index contributed by atoms with van der Waals surface area (Å²) in [5, 5.41) is 0. The highest BCUT2D eigenvalue weighted by atomic mass is 16.5. The number of nitrogens with zero attached hydrogens (tertiary/aromatic N) is 1. The first kappa shape index (κ1) is 14.3. The van der Waals surface area contributed by atoms with Gasteiger partial charge in [-0.3, -0.25) is 9.59 Å². The van der Waals surface area contributed by atoms with Gasteiger partial charge >= 0.3 is 0 Å². The lowest BCUT2D eigenvalue weighted by Crippen LogP contribution is -2.34. The topological polar surface area (TPSA) is 55.8 Å². The molecule has 1 heterocycles. The van der Waals surface area contributed by atoms with Gasteiger partial charge in [0.2, 0.25) is 0 Å². The van der Waals surface area contributed by atoms with Crippen molar-refractivity contribution in [2.45, 2.75) is 6.23 Å². The van der Waals surface area contributed by atoms with Crippen molar-refractivity contribution in [3.05, 3.63) is 65.7 Å². The van der Waals surface area contributed by atoms with Crippen molar-refractivity contribution in [3.63, 3.8) is 0 Å². The minimum absolute atomic E-state index is 0.102. The molecular formula is C17H15NO4. The number of rotatable bonds is 3. The second-order valence-electron chi connectivity index (χ2n) is 4.87. The van der Waals surface area contributed by atoms with E-state index < -0.39 is 6.23 Å². The van der Waals surface area contributed by atoms with Crippen LogP contribution < -0.4 is 4.74 Å². The number of hydrogen-bond acceptors (Lipinski definition) is 4. The number of carbonyl (C=O) groups is 2. The van der Waals surface area contributed by atoms with E-state index in [0.29, 0.717) is 11.3 Å².